The number of aliphatic hydroxyl groups excluding tert-OH is 1. The van der Waals surface area contributed by atoms with Crippen LogP contribution < -0.4 is 16.0 Å². The highest BCUT2D eigenvalue weighted by Crippen LogP contribution is 2.29. The SMILES string of the molecule is CCc1ccc2c(c1)[C@@H](NC[C@@H](O)[C@H](Cc1cc(F)cc(F)c1)NC(=O)C1CSCN1)CS(=O)(=O)C2. The minimum Gasteiger partial charge on any atom is -0.390 e. The van der Waals surface area contributed by atoms with Gasteiger partial charge in [-0.3, -0.25) is 10.1 Å². The molecule has 196 valence electrons. The van der Waals surface area contributed by atoms with Crippen LogP contribution in [0.5, 0.6) is 0 Å². The fourth-order valence-corrected chi connectivity index (χ4v) is 7.25. The summed E-state index contributed by atoms with van der Waals surface area (Å²) >= 11 is 1.58. The molecule has 0 saturated carbocycles. The van der Waals surface area contributed by atoms with Crippen molar-refractivity contribution in [3.05, 3.63) is 70.3 Å². The van der Waals surface area contributed by atoms with Gasteiger partial charge >= 0.3 is 0 Å². The molecular formula is C25H31F2N3O4S2. The maximum Gasteiger partial charge on any atom is 0.238 e. The largest absolute Gasteiger partial charge is 0.390 e. The third-order valence-electron chi connectivity index (χ3n) is 6.57. The molecule has 2 aliphatic heterocycles. The van der Waals surface area contributed by atoms with E-state index in [0.717, 1.165) is 29.2 Å². The lowest BCUT2D eigenvalue weighted by Gasteiger charge is -2.30. The van der Waals surface area contributed by atoms with Gasteiger partial charge in [-0.05, 0) is 47.2 Å². The second-order valence-electron chi connectivity index (χ2n) is 9.34. The Balaban J connectivity index is 1.51. The van der Waals surface area contributed by atoms with Gasteiger partial charge in [-0.2, -0.15) is 0 Å². The number of hydrogen-bond donors (Lipinski definition) is 4. The Bertz CT molecular complexity index is 1190. The molecule has 1 saturated heterocycles. The number of amides is 1. The van der Waals surface area contributed by atoms with E-state index in [1.807, 2.05) is 25.1 Å². The Morgan fingerprint density at radius 2 is 1.94 bits per heavy atom. The van der Waals surface area contributed by atoms with E-state index in [4.69, 9.17) is 0 Å². The van der Waals surface area contributed by atoms with Crippen LogP contribution in [0.4, 0.5) is 8.78 Å². The monoisotopic (exact) mass is 539 g/mol. The molecule has 11 heteroatoms. The minimum absolute atomic E-state index is 0.00264. The number of fused-ring (bicyclic) bond motifs is 1. The zero-order valence-electron chi connectivity index (χ0n) is 20.0. The highest BCUT2D eigenvalue weighted by molar-refractivity contribution is 7.99. The Hall–Kier alpha value is -2.05. The molecule has 4 N–H and O–H groups in total. The van der Waals surface area contributed by atoms with Crippen LogP contribution in [0.1, 0.15) is 35.2 Å². The molecule has 7 nitrogen and oxygen atoms in total. The van der Waals surface area contributed by atoms with Crippen molar-refractivity contribution >= 4 is 27.5 Å². The van der Waals surface area contributed by atoms with Crippen LogP contribution in [0.25, 0.3) is 0 Å². The first-order chi connectivity index (χ1) is 17.1. The molecule has 0 bridgehead atoms. The van der Waals surface area contributed by atoms with E-state index in [0.29, 0.717) is 17.2 Å². The fraction of sp³-hybridized carbons (Fsp3) is 0.480. The molecule has 36 heavy (non-hydrogen) atoms. The summed E-state index contributed by atoms with van der Waals surface area (Å²) < 4.78 is 52.6. The first-order valence-corrected chi connectivity index (χ1v) is 14.9. The van der Waals surface area contributed by atoms with Gasteiger partial charge in [0.25, 0.3) is 0 Å². The summed E-state index contributed by atoms with van der Waals surface area (Å²) in [5, 5.41) is 20.1. The van der Waals surface area contributed by atoms with E-state index in [2.05, 4.69) is 16.0 Å². The number of aliphatic hydroxyl groups is 1. The minimum atomic E-state index is -3.33. The number of carbonyl (C=O) groups is 1. The number of nitrogens with one attached hydrogen (secondary N) is 3. The first kappa shape index (κ1) is 27.0. The van der Waals surface area contributed by atoms with E-state index < -0.39 is 45.7 Å². The Labute approximate surface area is 214 Å². The number of rotatable bonds is 9. The fourth-order valence-electron chi connectivity index (χ4n) is 4.65. The lowest BCUT2D eigenvalue weighted by atomic mass is 9.97. The second kappa shape index (κ2) is 11.6. The van der Waals surface area contributed by atoms with Crippen LogP contribution in [0.15, 0.2) is 36.4 Å². The zero-order valence-corrected chi connectivity index (χ0v) is 21.6. The maximum absolute atomic E-state index is 13.8. The molecule has 4 rings (SSSR count). The summed E-state index contributed by atoms with van der Waals surface area (Å²) in [6.07, 6.45) is -0.333. The molecule has 2 aromatic carbocycles. The topological polar surface area (TPSA) is 108 Å². The zero-order chi connectivity index (χ0) is 25.9. The quantitative estimate of drug-likeness (QED) is 0.385. The summed E-state index contributed by atoms with van der Waals surface area (Å²) in [7, 11) is -3.33. The predicted molar refractivity (Wildman–Crippen MR) is 136 cm³/mol. The molecule has 1 amide bonds. The van der Waals surface area contributed by atoms with Crippen molar-refractivity contribution in [2.24, 2.45) is 0 Å². The number of sulfone groups is 1. The van der Waals surface area contributed by atoms with Gasteiger partial charge in [0, 0.05) is 30.3 Å². The van der Waals surface area contributed by atoms with E-state index in [1.165, 1.54) is 12.1 Å². The molecule has 2 heterocycles. The summed E-state index contributed by atoms with van der Waals surface area (Å²) in [4.78, 5) is 12.8. The van der Waals surface area contributed by atoms with E-state index in [9.17, 15) is 27.1 Å². The summed E-state index contributed by atoms with van der Waals surface area (Å²) in [5.74, 6) is -0.702. The van der Waals surface area contributed by atoms with Gasteiger partial charge < -0.3 is 15.7 Å². The molecular weight excluding hydrogens is 508 g/mol. The third kappa shape index (κ3) is 6.83. The maximum atomic E-state index is 13.8. The number of aryl methyl sites for hydroxylation is 1. The number of hydrogen-bond acceptors (Lipinski definition) is 7. The third-order valence-corrected chi connectivity index (χ3v) is 9.10. The lowest BCUT2D eigenvalue weighted by Crippen LogP contribution is -2.54. The van der Waals surface area contributed by atoms with Crippen LogP contribution in [-0.4, -0.2) is 61.5 Å². The molecule has 2 aromatic rings. The molecule has 0 aromatic heterocycles. The molecule has 4 atom stereocenters. The Morgan fingerprint density at radius 1 is 1.19 bits per heavy atom. The van der Waals surface area contributed by atoms with Crippen molar-refractivity contribution in [1.82, 2.24) is 16.0 Å². The summed E-state index contributed by atoms with van der Waals surface area (Å²) in [6, 6.07) is 7.06. The average molecular weight is 540 g/mol. The molecule has 1 fully saturated rings. The van der Waals surface area contributed by atoms with Crippen LogP contribution in [0.2, 0.25) is 0 Å². The molecule has 0 aliphatic carbocycles. The van der Waals surface area contributed by atoms with Crippen LogP contribution in [-0.2, 0) is 33.2 Å². The smallest absolute Gasteiger partial charge is 0.238 e. The van der Waals surface area contributed by atoms with Crippen LogP contribution >= 0.6 is 11.8 Å². The van der Waals surface area contributed by atoms with Crippen LogP contribution in [0, 0.1) is 11.6 Å². The number of thioether (sulfide) groups is 1. The Kier molecular flexibility index (Phi) is 8.67. The van der Waals surface area contributed by atoms with Crippen molar-refractivity contribution in [3.63, 3.8) is 0 Å². The molecule has 0 radical (unpaired) electrons. The van der Waals surface area contributed by atoms with Gasteiger partial charge in [0.15, 0.2) is 9.84 Å². The second-order valence-corrected chi connectivity index (χ2v) is 12.5. The highest BCUT2D eigenvalue weighted by atomic mass is 32.2. The van der Waals surface area contributed by atoms with Crippen molar-refractivity contribution < 1.29 is 27.1 Å². The van der Waals surface area contributed by atoms with E-state index in [-0.39, 0.29) is 30.4 Å². The first-order valence-electron chi connectivity index (χ1n) is 11.9. The van der Waals surface area contributed by atoms with Crippen molar-refractivity contribution in [3.8, 4) is 0 Å². The van der Waals surface area contributed by atoms with Gasteiger partial charge in [0.1, 0.15) is 11.6 Å². The van der Waals surface area contributed by atoms with Gasteiger partial charge in [-0.25, -0.2) is 17.2 Å². The van der Waals surface area contributed by atoms with Crippen molar-refractivity contribution in [2.45, 2.75) is 49.7 Å². The number of carbonyl (C=O) groups excluding carboxylic acids is 1. The van der Waals surface area contributed by atoms with Crippen molar-refractivity contribution in [1.29, 1.82) is 0 Å². The van der Waals surface area contributed by atoms with Gasteiger partial charge in [0.2, 0.25) is 5.91 Å². The molecule has 0 spiro atoms. The summed E-state index contributed by atoms with van der Waals surface area (Å²) in [5.41, 5.74) is 3.00. The van der Waals surface area contributed by atoms with E-state index >= 15 is 0 Å². The highest BCUT2D eigenvalue weighted by Gasteiger charge is 2.32. The number of benzene rings is 2. The van der Waals surface area contributed by atoms with Crippen molar-refractivity contribution in [2.75, 3.05) is 23.9 Å². The molecule has 1 unspecified atom stereocenters. The molecule has 2 aliphatic rings. The van der Waals surface area contributed by atoms with Gasteiger partial charge in [0.05, 0.1) is 29.7 Å². The van der Waals surface area contributed by atoms with Gasteiger partial charge in [-0.1, -0.05) is 25.1 Å². The normalized spacial score (nSPS) is 22.6. The lowest BCUT2D eigenvalue weighted by molar-refractivity contribution is -0.124. The predicted octanol–water partition coefficient (Wildman–Crippen LogP) is 1.84. The average Bonchev–Trinajstić information content (AvgIpc) is 3.35. The Morgan fingerprint density at radius 3 is 2.61 bits per heavy atom. The van der Waals surface area contributed by atoms with Gasteiger partial charge in [-0.15, -0.1) is 11.8 Å². The van der Waals surface area contributed by atoms with E-state index in [1.54, 1.807) is 11.8 Å². The number of halogens is 2. The van der Waals surface area contributed by atoms with Crippen LogP contribution in [0.3, 0.4) is 0 Å². The summed E-state index contributed by atoms with van der Waals surface area (Å²) in [6.45, 7) is 2.00. The standard InChI is InChI=1S/C25H31F2N3O4S2/c1-2-15-3-4-17-12-36(33,34)13-23(20(17)7-15)28-10-24(31)21(30-25(32)22-11-35-14-29-22)8-16-5-18(26)9-19(27)6-16/h3-7,9,21-24,28-29,31H,2,8,10-14H2,1H3,(H,30,32)/t21-,22?,23-,24+/m0/s1.